The van der Waals surface area contributed by atoms with Gasteiger partial charge in [0.25, 0.3) is 10.0 Å². The molecule has 36 heavy (non-hydrogen) atoms. The van der Waals surface area contributed by atoms with Crippen molar-refractivity contribution in [3.63, 3.8) is 0 Å². The van der Waals surface area contributed by atoms with E-state index in [0.717, 1.165) is 23.2 Å². The third-order valence-electron chi connectivity index (χ3n) is 6.81. The first-order chi connectivity index (χ1) is 17.4. The van der Waals surface area contributed by atoms with Gasteiger partial charge in [-0.1, -0.05) is 24.3 Å². The van der Waals surface area contributed by atoms with Gasteiger partial charge in [-0.25, -0.2) is 12.8 Å². The number of sulfonamides is 1. The summed E-state index contributed by atoms with van der Waals surface area (Å²) in [5.74, 6) is 1.20. The van der Waals surface area contributed by atoms with E-state index in [4.69, 9.17) is 14.2 Å². The Hall–Kier alpha value is -3.72. The van der Waals surface area contributed by atoms with Gasteiger partial charge < -0.3 is 19.5 Å². The molecule has 7 nitrogen and oxygen atoms in total. The zero-order valence-corrected chi connectivity index (χ0v) is 20.9. The number of para-hydroxylation sites is 1. The largest absolute Gasteiger partial charge is 0.493 e. The molecule has 0 amide bonds. The zero-order valence-electron chi connectivity index (χ0n) is 20.1. The van der Waals surface area contributed by atoms with Gasteiger partial charge in [0.05, 0.1) is 38.0 Å². The number of fused-ring (bicyclic) bond motifs is 3. The molecule has 0 aromatic heterocycles. The van der Waals surface area contributed by atoms with E-state index in [1.807, 2.05) is 12.1 Å². The van der Waals surface area contributed by atoms with Crippen LogP contribution in [0.4, 0.5) is 15.8 Å². The molecule has 0 radical (unpaired) electrons. The Labute approximate surface area is 209 Å². The number of nitrogens with one attached hydrogen (secondary N) is 2. The minimum Gasteiger partial charge on any atom is -0.493 e. The van der Waals surface area contributed by atoms with Gasteiger partial charge in [0, 0.05) is 11.6 Å². The second-order valence-electron chi connectivity index (χ2n) is 8.77. The maximum Gasteiger partial charge on any atom is 0.261 e. The monoisotopic (exact) mass is 510 g/mol. The van der Waals surface area contributed by atoms with Crippen molar-refractivity contribution < 1.29 is 27.0 Å². The van der Waals surface area contributed by atoms with Gasteiger partial charge in [0.15, 0.2) is 11.5 Å². The summed E-state index contributed by atoms with van der Waals surface area (Å²) in [7, 11) is 0.760. The summed E-state index contributed by atoms with van der Waals surface area (Å²) < 4.78 is 59.1. The van der Waals surface area contributed by atoms with Crippen LogP contribution in [0.15, 0.2) is 71.6 Å². The second-order valence-corrected chi connectivity index (χ2v) is 10.5. The Balaban J connectivity index is 1.51. The maximum atomic E-state index is 14.1. The molecule has 1 aliphatic heterocycles. The molecular weight excluding hydrogens is 483 g/mol. The highest BCUT2D eigenvalue weighted by atomic mass is 32.2. The standard InChI is InChI=1S/C27H27FN2O5S/c1-33-24-13-16(14-25(34-2)27(24)35-3)26-19-8-6-7-18(19)20-15-17(11-12-22(20)29-26)36(31,32)30-23-10-5-4-9-21(23)28/h4-7,9-15,18-19,26,29-30H,8H2,1-3H3/t18-,19+,26-/m0/s1. The summed E-state index contributed by atoms with van der Waals surface area (Å²) >= 11 is 0. The van der Waals surface area contributed by atoms with Crippen LogP contribution in [0.3, 0.4) is 0 Å². The smallest absolute Gasteiger partial charge is 0.261 e. The van der Waals surface area contributed by atoms with E-state index in [9.17, 15) is 12.8 Å². The number of methoxy groups -OCH3 is 3. The van der Waals surface area contributed by atoms with Crippen LogP contribution >= 0.6 is 0 Å². The van der Waals surface area contributed by atoms with Gasteiger partial charge in [-0.05, 0) is 65.9 Å². The Morgan fingerprint density at radius 3 is 2.36 bits per heavy atom. The SMILES string of the molecule is COc1cc([C@@H]2Nc3ccc(S(=O)(=O)Nc4ccccc4F)cc3[C@H]3C=CC[C@H]32)cc(OC)c1OC. The highest BCUT2D eigenvalue weighted by Gasteiger charge is 2.39. The van der Waals surface area contributed by atoms with Crippen molar-refractivity contribution in [3.8, 4) is 17.2 Å². The Morgan fingerprint density at radius 1 is 0.972 bits per heavy atom. The van der Waals surface area contributed by atoms with E-state index < -0.39 is 15.8 Å². The van der Waals surface area contributed by atoms with Crippen LogP contribution < -0.4 is 24.2 Å². The van der Waals surface area contributed by atoms with Gasteiger partial charge in [-0.3, -0.25) is 4.72 Å². The number of hydrogen-bond donors (Lipinski definition) is 2. The topological polar surface area (TPSA) is 85.9 Å². The number of anilines is 2. The highest BCUT2D eigenvalue weighted by Crippen LogP contribution is 2.52. The van der Waals surface area contributed by atoms with E-state index in [1.54, 1.807) is 39.5 Å². The van der Waals surface area contributed by atoms with Gasteiger partial charge in [-0.15, -0.1) is 0 Å². The second kappa shape index (κ2) is 9.39. The van der Waals surface area contributed by atoms with Gasteiger partial charge in [0.2, 0.25) is 5.75 Å². The lowest BCUT2D eigenvalue weighted by Crippen LogP contribution is -2.29. The molecule has 3 atom stereocenters. The first-order valence-corrected chi connectivity index (χ1v) is 13.0. The predicted octanol–water partition coefficient (Wildman–Crippen LogP) is 5.48. The molecule has 0 unspecified atom stereocenters. The number of rotatable bonds is 7. The molecule has 0 spiro atoms. The minimum absolute atomic E-state index is 0.00829. The van der Waals surface area contributed by atoms with Crippen molar-refractivity contribution in [1.29, 1.82) is 0 Å². The molecule has 0 bridgehead atoms. The third kappa shape index (κ3) is 4.13. The van der Waals surface area contributed by atoms with Crippen LogP contribution in [0.5, 0.6) is 17.2 Å². The molecule has 3 aromatic rings. The van der Waals surface area contributed by atoms with Crippen molar-refractivity contribution in [2.24, 2.45) is 5.92 Å². The predicted molar refractivity (Wildman–Crippen MR) is 136 cm³/mol. The minimum atomic E-state index is -3.98. The van der Waals surface area contributed by atoms with E-state index in [2.05, 4.69) is 22.2 Å². The fourth-order valence-corrected chi connectivity index (χ4v) is 6.20. The van der Waals surface area contributed by atoms with Crippen molar-refractivity contribution in [2.75, 3.05) is 31.4 Å². The lowest BCUT2D eigenvalue weighted by molar-refractivity contribution is 0.322. The Kier molecular flexibility index (Phi) is 6.26. The van der Waals surface area contributed by atoms with Crippen molar-refractivity contribution in [1.82, 2.24) is 0 Å². The molecule has 0 saturated heterocycles. The molecule has 2 N–H and O–H groups in total. The third-order valence-corrected chi connectivity index (χ3v) is 8.17. The van der Waals surface area contributed by atoms with E-state index in [-0.39, 0.29) is 28.5 Å². The first kappa shape index (κ1) is 24.0. The first-order valence-electron chi connectivity index (χ1n) is 11.5. The molecule has 9 heteroatoms. The molecule has 2 aliphatic rings. The highest BCUT2D eigenvalue weighted by molar-refractivity contribution is 7.92. The number of hydrogen-bond acceptors (Lipinski definition) is 6. The number of ether oxygens (including phenoxy) is 3. The number of allylic oxidation sites excluding steroid dienone is 2. The zero-order chi connectivity index (χ0) is 25.4. The fourth-order valence-electron chi connectivity index (χ4n) is 5.10. The molecule has 3 aromatic carbocycles. The van der Waals surface area contributed by atoms with Crippen LogP contribution in [-0.4, -0.2) is 29.7 Å². The quantitative estimate of drug-likeness (QED) is 0.410. The van der Waals surface area contributed by atoms with Gasteiger partial charge in [0.1, 0.15) is 5.82 Å². The van der Waals surface area contributed by atoms with Crippen LogP contribution in [0.2, 0.25) is 0 Å². The molecular formula is C27H27FN2O5S. The molecule has 0 saturated carbocycles. The number of benzene rings is 3. The average molecular weight is 511 g/mol. The van der Waals surface area contributed by atoms with Crippen LogP contribution in [0.1, 0.15) is 29.5 Å². The lowest BCUT2D eigenvalue weighted by atomic mass is 9.77. The number of halogens is 1. The molecule has 188 valence electrons. The van der Waals surface area contributed by atoms with Crippen molar-refractivity contribution >= 4 is 21.4 Å². The summed E-state index contributed by atoms with van der Waals surface area (Å²) in [6, 6.07) is 14.5. The summed E-state index contributed by atoms with van der Waals surface area (Å²) in [6.07, 6.45) is 5.06. The van der Waals surface area contributed by atoms with Crippen molar-refractivity contribution in [2.45, 2.75) is 23.3 Å². The molecule has 1 aliphatic carbocycles. The summed E-state index contributed by atoms with van der Waals surface area (Å²) in [6.45, 7) is 0. The fraction of sp³-hybridized carbons (Fsp3) is 0.259. The van der Waals surface area contributed by atoms with Gasteiger partial charge >= 0.3 is 0 Å². The van der Waals surface area contributed by atoms with Crippen LogP contribution in [0, 0.1) is 11.7 Å². The molecule has 1 heterocycles. The van der Waals surface area contributed by atoms with Crippen molar-refractivity contribution in [3.05, 3.63) is 83.7 Å². The molecule has 0 fully saturated rings. The van der Waals surface area contributed by atoms with Crippen LogP contribution in [-0.2, 0) is 10.0 Å². The lowest BCUT2D eigenvalue weighted by Gasteiger charge is -2.38. The Bertz CT molecular complexity index is 1410. The van der Waals surface area contributed by atoms with E-state index in [1.165, 1.54) is 24.3 Å². The summed E-state index contributed by atoms with van der Waals surface area (Å²) in [5, 5.41) is 3.60. The van der Waals surface area contributed by atoms with E-state index >= 15 is 0 Å². The summed E-state index contributed by atoms with van der Waals surface area (Å²) in [4.78, 5) is 0.0802. The molecule has 5 rings (SSSR count). The summed E-state index contributed by atoms with van der Waals surface area (Å²) in [5.41, 5.74) is 2.61. The van der Waals surface area contributed by atoms with Crippen LogP contribution in [0.25, 0.3) is 0 Å². The normalized spacial score (nSPS) is 20.2. The average Bonchev–Trinajstić information content (AvgIpc) is 3.38. The van der Waals surface area contributed by atoms with E-state index in [0.29, 0.717) is 17.2 Å². The Morgan fingerprint density at radius 2 is 1.69 bits per heavy atom. The maximum absolute atomic E-state index is 14.1. The van der Waals surface area contributed by atoms with Gasteiger partial charge in [-0.2, -0.15) is 0 Å².